The van der Waals surface area contributed by atoms with Crippen molar-refractivity contribution in [3.05, 3.63) is 63.7 Å². The number of benzene rings is 1. The highest BCUT2D eigenvalue weighted by molar-refractivity contribution is 6.33. The first kappa shape index (κ1) is 28.3. The first-order valence-corrected chi connectivity index (χ1v) is 14.2. The molecule has 0 aliphatic heterocycles. The summed E-state index contributed by atoms with van der Waals surface area (Å²) in [4.78, 5) is 28.3. The van der Waals surface area contributed by atoms with Gasteiger partial charge in [-0.15, -0.1) is 0 Å². The van der Waals surface area contributed by atoms with Gasteiger partial charge in [0.25, 0.3) is 0 Å². The summed E-state index contributed by atoms with van der Waals surface area (Å²) in [5, 5.41) is 38.5. The van der Waals surface area contributed by atoms with E-state index in [0.717, 1.165) is 0 Å². The number of carbonyl (C=O) groups is 2. The van der Waals surface area contributed by atoms with Gasteiger partial charge >= 0.3 is 5.97 Å². The fourth-order valence-electron chi connectivity index (χ4n) is 8.27. The summed E-state index contributed by atoms with van der Waals surface area (Å²) in [5.74, 6) is -2.78. The molecule has 1 aromatic heterocycles. The number of hydrogen-bond acceptors (Lipinski definition) is 8. The van der Waals surface area contributed by atoms with Crippen molar-refractivity contribution in [2.45, 2.75) is 58.8 Å². The molecule has 1 aromatic carbocycles. The minimum Gasteiger partial charge on any atom is -0.451 e. The highest BCUT2D eigenvalue weighted by Gasteiger charge is 2.76. The lowest BCUT2D eigenvalue weighted by molar-refractivity contribution is -0.190. The van der Waals surface area contributed by atoms with E-state index in [1.165, 1.54) is 25.1 Å². The fourth-order valence-corrected chi connectivity index (χ4v) is 8.52. The van der Waals surface area contributed by atoms with Crippen molar-refractivity contribution in [3.63, 3.8) is 0 Å². The smallest absolute Gasteiger partial charge is 0.344 e. The number of hydrogen-bond donors (Lipinski definition) is 3. The van der Waals surface area contributed by atoms with E-state index in [-0.39, 0.29) is 56.2 Å². The molecule has 2 bridgehead atoms. The topological polar surface area (TPSA) is 130 Å². The van der Waals surface area contributed by atoms with Crippen molar-refractivity contribution in [1.82, 2.24) is 5.16 Å². The molecule has 8 nitrogen and oxygen atoms in total. The first-order valence-electron chi connectivity index (χ1n) is 13.8. The molecule has 0 amide bonds. The summed E-state index contributed by atoms with van der Waals surface area (Å²) < 4.78 is 26.0. The Kier molecular flexibility index (Phi) is 6.26. The molecule has 2 aromatic rings. The standard InChI is InChI=1S/C31H33ClFNO7/c1-13-11-30-14(2)9-18-23(29(18,4)5)17(26(30)37)10-16(12-35)25(36)31(30,39)27(13)40-28(38)21-15(3)41-34-24(21)22-19(32)7-6-8-20(22)33/h6-8,10-11,14,17-18,23,25,27,35-36,39H,9,12H2,1-5H3/t14-,17+,18-,23+,25-,27+,30+,31+/m1/s1. The number of aromatic nitrogens is 1. The van der Waals surface area contributed by atoms with E-state index in [4.69, 9.17) is 20.9 Å². The Labute approximate surface area is 241 Å². The summed E-state index contributed by atoms with van der Waals surface area (Å²) in [6.07, 6.45) is 0.709. The Bertz CT molecular complexity index is 1520. The minimum absolute atomic E-state index is 0.00374. The van der Waals surface area contributed by atoms with Crippen LogP contribution in [0.1, 0.15) is 50.2 Å². The van der Waals surface area contributed by atoms with E-state index in [1.54, 1.807) is 19.1 Å². The molecular weight excluding hydrogens is 553 g/mol. The van der Waals surface area contributed by atoms with Gasteiger partial charge in [-0.2, -0.15) is 0 Å². The van der Waals surface area contributed by atoms with Crippen LogP contribution in [0.15, 0.2) is 46.0 Å². The second-order valence-electron chi connectivity index (χ2n) is 12.7. The molecule has 4 aliphatic carbocycles. The van der Waals surface area contributed by atoms with Gasteiger partial charge in [-0.1, -0.05) is 55.7 Å². The number of carbonyl (C=O) groups excluding carboxylic acids is 2. The lowest BCUT2D eigenvalue weighted by Crippen LogP contribution is -2.65. The van der Waals surface area contributed by atoms with Crippen molar-refractivity contribution in [2.24, 2.45) is 34.5 Å². The second-order valence-corrected chi connectivity index (χ2v) is 13.1. The number of fused-ring (bicyclic) bond motifs is 3. The fraction of sp³-hybridized carbons (Fsp3) is 0.516. The zero-order valence-electron chi connectivity index (χ0n) is 23.4. The lowest BCUT2D eigenvalue weighted by Gasteiger charge is -2.48. The first-order chi connectivity index (χ1) is 19.2. The Balaban J connectivity index is 1.46. The maximum Gasteiger partial charge on any atom is 0.344 e. The van der Waals surface area contributed by atoms with Gasteiger partial charge in [-0.05, 0) is 66.7 Å². The quantitative estimate of drug-likeness (QED) is 0.355. The molecule has 8 atom stereocenters. The molecule has 1 spiro atoms. The molecule has 0 radical (unpaired) electrons. The number of ketones is 1. The number of aliphatic hydroxyl groups excluding tert-OH is 2. The highest BCUT2D eigenvalue weighted by Crippen LogP contribution is 2.71. The molecule has 0 saturated heterocycles. The number of esters is 1. The van der Waals surface area contributed by atoms with Gasteiger partial charge in [0, 0.05) is 5.92 Å². The monoisotopic (exact) mass is 585 g/mol. The summed E-state index contributed by atoms with van der Waals surface area (Å²) in [7, 11) is 0. The number of nitrogens with zero attached hydrogens (tertiary/aromatic N) is 1. The van der Waals surface area contributed by atoms with E-state index in [2.05, 4.69) is 19.0 Å². The van der Waals surface area contributed by atoms with Crippen molar-refractivity contribution < 1.29 is 38.6 Å². The van der Waals surface area contributed by atoms with Gasteiger partial charge in [-0.25, -0.2) is 9.18 Å². The van der Waals surface area contributed by atoms with Crippen molar-refractivity contribution in [3.8, 4) is 11.3 Å². The van der Waals surface area contributed by atoms with Crippen LogP contribution in [-0.2, 0) is 9.53 Å². The molecule has 41 heavy (non-hydrogen) atoms. The van der Waals surface area contributed by atoms with E-state index in [1.807, 2.05) is 6.92 Å². The van der Waals surface area contributed by atoms with Gasteiger partial charge in [0.15, 0.2) is 17.5 Å². The van der Waals surface area contributed by atoms with E-state index < -0.39 is 53.5 Å². The van der Waals surface area contributed by atoms with Crippen molar-refractivity contribution >= 4 is 23.4 Å². The molecule has 1 heterocycles. The van der Waals surface area contributed by atoms with Gasteiger partial charge in [0.05, 0.1) is 22.6 Å². The van der Waals surface area contributed by atoms with Crippen LogP contribution in [0.3, 0.4) is 0 Å². The Morgan fingerprint density at radius 2 is 2.00 bits per heavy atom. The Morgan fingerprint density at radius 3 is 2.66 bits per heavy atom. The van der Waals surface area contributed by atoms with Crippen molar-refractivity contribution in [2.75, 3.05) is 6.61 Å². The normalized spacial score (nSPS) is 36.9. The van der Waals surface area contributed by atoms with Gasteiger partial charge in [-0.3, -0.25) is 4.79 Å². The predicted molar refractivity (Wildman–Crippen MR) is 146 cm³/mol. The number of rotatable bonds is 4. The average molecular weight is 586 g/mol. The van der Waals surface area contributed by atoms with Gasteiger partial charge in [0.1, 0.15) is 28.9 Å². The minimum atomic E-state index is -2.31. The zero-order valence-corrected chi connectivity index (χ0v) is 24.2. The van der Waals surface area contributed by atoms with Crippen LogP contribution in [0.4, 0.5) is 4.39 Å². The second kappa shape index (κ2) is 9.07. The SMILES string of the molecule is CC1=C[C@]23C(=O)[C@@H](C=C(CO)[C@@H](O)[C@]2(O)[C@H]1OC(=O)c1c(-c2c(F)cccc2Cl)noc1C)[C@H]1[C@@H](C[C@H]3C)C1(C)C. The molecule has 2 saturated carbocycles. The van der Waals surface area contributed by atoms with Crippen LogP contribution < -0.4 is 0 Å². The molecule has 4 aliphatic rings. The predicted octanol–water partition coefficient (Wildman–Crippen LogP) is 4.44. The molecule has 3 N–H and O–H groups in total. The molecule has 6 rings (SSSR count). The van der Waals surface area contributed by atoms with E-state index >= 15 is 0 Å². The number of aryl methyl sites for hydroxylation is 1. The number of allylic oxidation sites excluding steroid dienone is 1. The van der Waals surface area contributed by atoms with Crippen LogP contribution >= 0.6 is 11.6 Å². The summed E-state index contributed by atoms with van der Waals surface area (Å²) in [6, 6.07) is 4.03. The Hall–Kier alpha value is -2.85. The zero-order chi connectivity index (χ0) is 29.8. The van der Waals surface area contributed by atoms with Crippen LogP contribution in [-0.4, -0.2) is 56.6 Å². The molecule has 10 heteroatoms. The maximum atomic E-state index is 14.8. The lowest BCUT2D eigenvalue weighted by atomic mass is 9.59. The summed E-state index contributed by atoms with van der Waals surface area (Å²) in [6.45, 7) is 8.61. The number of Topliss-reactive ketones (excluding diaryl/α,β-unsaturated/α-hetero) is 1. The van der Waals surface area contributed by atoms with E-state index in [0.29, 0.717) is 12.0 Å². The third kappa shape index (κ3) is 3.52. The third-order valence-corrected chi connectivity index (χ3v) is 10.7. The van der Waals surface area contributed by atoms with Crippen molar-refractivity contribution in [1.29, 1.82) is 0 Å². The van der Waals surface area contributed by atoms with Gasteiger partial charge in [0.2, 0.25) is 0 Å². The summed E-state index contributed by atoms with van der Waals surface area (Å²) in [5.41, 5.74) is -4.03. The summed E-state index contributed by atoms with van der Waals surface area (Å²) >= 11 is 6.24. The largest absolute Gasteiger partial charge is 0.451 e. The molecule has 0 unspecified atom stereocenters. The maximum absolute atomic E-state index is 14.8. The van der Waals surface area contributed by atoms with Crippen LogP contribution in [0.2, 0.25) is 5.02 Å². The van der Waals surface area contributed by atoms with Crippen LogP contribution in [0.25, 0.3) is 11.3 Å². The highest BCUT2D eigenvalue weighted by atomic mass is 35.5. The average Bonchev–Trinajstić information content (AvgIpc) is 3.17. The van der Waals surface area contributed by atoms with Crippen LogP contribution in [0.5, 0.6) is 0 Å². The van der Waals surface area contributed by atoms with Crippen LogP contribution in [0, 0.1) is 47.2 Å². The third-order valence-electron chi connectivity index (χ3n) is 10.4. The number of ether oxygens (including phenoxy) is 1. The molecule has 2 fully saturated rings. The van der Waals surface area contributed by atoms with Gasteiger partial charge < -0.3 is 24.6 Å². The molecular formula is C31H33ClFNO7. The van der Waals surface area contributed by atoms with E-state index in [9.17, 15) is 29.3 Å². The number of aliphatic hydroxyl groups is 3. The Morgan fingerprint density at radius 1 is 1.29 bits per heavy atom. The molecule has 218 valence electrons. The number of halogens is 2.